The van der Waals surface area contributed by atoms with E-state index in [-0.39, 0.29) is 25.0 Å². The average Bonchev–Trinajstić information content (AvgIpc) is 2.71. The van der Waals surface area contributed by atoms with Crippen LogP contribution in [0.3, 0.4) is 0 Å². The summed E-state index contributed by atoms with van der Waals surface area (Å²) < 4.78 is 6.77. The van der Waals surface area contributed by atoms with Crippen LogP contribution >= 0.6 is 39.1 Å². The van der Waals surface area contributed by atoms with Crippen molar-refractivity contribution in [3.05, 3.63) is 61.5 Å². The van der Waals surface area contributed by atoms with Crippen molar-refractivity contribution in [2.45, 2.75) is 39.8 Å². The normalized spacial score (nSPS) is 11.7. The molecule has 2 aromatic rings. The van der Waals surface area contributed by atoms with E-state index in [1.54, 1.807) is 25.2 Å². The summed E-state index contributed by atoms with van der Waals surface area (Å²) in [7, 11) is 1.55. The van der Waals surface area contributed by atoms with Crippen molar-refractivity contribution in [1.82, 2.24) is 10.2 Å². The Morgan fingerprint density at radius 3 is 2.33 bits per heavy atom. The highest BCUT2D eigenvalue weighted by Crippen LogP contribution is 2.27. The minimum atomic E-state index is -0.647. The lowest BCUT2D eigenvalue weighted by molar-refractivity contribution is -0.142. The molecule has 0 spiro atoms. The van der Waals surface area contributed by atoms with Gasteiger partial charge in [0.2, 0.25) is 5.91 Å². The molecular formula is C22H25BrCl2N2O3. The van der Waals surface area contributed by atoms with E-state index >= 15 is 0 Å². The summed E-state index contributed by atoms with van der Waals surface area (Å²) in [5, 5.41) is 3.56. The van der Waals surface area contributed by atoms with Crippen LogP contribution in [0, 0.1) is 13.8 Å². The van der Waals surface area contributed by atoms with E-state index in [2.05, 4.69) is 21.2 Å². The van der Waals surface area contributed by atoms with Crippen molar-refractivity contribution in [3.63, 3.8) is 0 Å². The lowest BCUT2D eigenvalue weighted by atomic mass is 10.1. The van der Waals surface area contributed by atoms with Crippen LogP contribution in [0.2, 0.25) is 10.0 Å². The zero-order chi connectivity index (χ0) is 22.4. The number of rotatable bonds is 8. The van der Waals surface area contributed by atoms with Crippen LogP contribution in [0.15, 0.2) is 34.8 Å². The largest absolute Gasteiger partial charge is 0.484 e. The van der Waals surface area contributed by atoms with Crippen LogP contribution in [0.25, 0.3) is 0 Å². The first-order chi connectivity index (χ1) is 14.2. The van der Waals surface area contributed by atoms with Crippen LogP contribution < -0.4 is 10.1 Å². The van der Waals surface area contributed by atoms with Gasteiger partial charge < -0.3 is 15.0 Å². The Balaban J connectivity index is 2.26. The molecule has 30 heavy (non-hydrogen) atoms. The average molecular weight is 516 g/mol. The SMILES string of the molecule is CC[C@H](C(=O)NC)N(Cc1ccc(Cl)cc1Cl)C(=O)COc1cc(C)c(Br)c(C)c1. The Hall–Kier alpha value is -1.76. The molecule has 0 fully saturated rings. The lowest BCUT2D eigenvalue weighted by Crippen LogP contribution is -2.49. The second kappa shape index (κ2) is 11.0. The number of amides is 2. The summed E-state index contributed by atoms with van der Waals surface area (Å²) in [6.07, 6.45) is 0.452. The highest BCUT2D eigenvalue weighted by atomic mass is 79.9. The summed E-state index contributed by atoms with van der Waals surface area (Å²) in [6.45, 7) is 5.74. The number of carbonyl (C=O) groups excluding carboxylic acids is 2. The lowest BCUT2D eigenvalue weighted by Gasteiger charge is -2.30. The molecule has 0 unspecified atom stereocenters. The van der Waals surface area contributed by atoms with Gasteiger partial charge >= 0.3 is 0 Å². The molecule has 1 N–H and O–H groups in total. The summed E-state index contributed by atoms with van der Waals surface area (Å²) in [5.74, 6) is 0.0416. The van der Waals surface area contributed by atoms with Crippen molar-refractivity contribution in [1.29, 1.82) is 0 Å². The molecule has 0 aliphatic heterocycles. The summed E-state index contributed by atoms with van der Waals surface area (Å²) in [6, 6.07) is 8.15. The van der Waals surface area contributed by atoms with Gasteiger partial charge in [-0.05, 0) is 61.2 Å². The van der Waals surface area contributed by atoms with Gasteiger partial charge in [0.15, 0.2) is 6.61 Å². The number of carbonyl (C=O) groups is 2. The van der Waals surface area contributed by atoms with E-state index in [0.717, 1.165) is 15.6 Å². The number of halogens is 3. The zero-order valence-electron chi connectivity index (χ0n) is 17.4. The topological polar surface area (TPSA) is 58.6 Å². The van der Waals surface area contributed by atoms with Gasteiger partial charge in [0, 0.05) is 28.1 Å². The minimum absolute atomic E-state index is 0.169. The quantitative estimate of drug-likeness (QED) is 0.518. The van der Waals surface area contributed by atoms with E-state index in [1.807, 2.05) is 32.9 Å². The zero-order valence-corrected chi connectivity index (χ0v) is 20.5. The molecule has 0 aliphatic carbocycles. The van der Waals surface area contributed by atoms with Crippen molar-refractivity contribution < 1.29 is 14.3 Å². The Morgan fingerprint density at radius 1 is 1.17 bits per heavy atom. The van der Waals surface area contributed by atoms with Crippen molar-refractivity contribution in [2.24, 2.45) is 0 Å². The third-order valence-electron chi connectivity index (χ3n) is 4.76. The predicted octanol–water partition coefficient (Wildman–Crippen LogP) is 5.30. The van der Waals surface area contributed by atoms with Crippen molar-refractivity contribution >= 4 is 50.9 Å². The number of hydrogen-bond donors (Lipinski definition) is 1. The molecule has 2 aromatic carbocycles. The number of likely N-dealkylation sites (N-methyl/N-ethyl adjacent to an activating group) is 1. The highest BCUT2D eigenvalue weighted by Gasteiger charge is 2.29. The van der Waals surface area contributed by atoms with Crippen LogP contribution in [-0.2, 0) is 16.1 Å². The Kier molecular flexibility index (Phi) is 9.01. The van der Waals surface area contributed by atoms with Gasteiger partial charge in [0.1, 0.15) is 11.8 Å². The van der Waals surface area contributed by atoms with Crippen LogP contribution in [0.4, 0.5) is 0 Å². The van der Waals surface area contributed by atoms with Crippen LogP contribution in [0.1, 0.15) is 30.0 Å². The number of aryl methyl sites for hydroxylation is 2. The second-order valence-electron chi connectivity index (χ2n) is 6.96. The Labute approximate surface area is 195 Å². The van der Waals surface area contributed by atoms with E-state index in [9.17, 15) is 9.59 Å². The number of benzene rings is 2. The summed E-state index contributed by atoms with van der Waals surface area (Å²) >= 11 is 15.8. The number of nitrogens with one attached hydrogen (secondary N) is 1. The smallest absolute Gasteiger partial charge is 0.261 e. The first kappa shape index (κ1) is 24.5. The van der Waals surface area contributed by atoms with Gasteiger partial charge in [-0.15, -0.1) is 0 Å². The molecule has 5 nitrogen and oxygen atoms in total. The van der Waals surface area contributed by atoms with Crippen molar-refractivity contribution in [3.8, 4) is 5.75 Å². The Morgan fingerprint density at radius 2 is 1.80 bits per heavy atom. The summed E-state index contributed by atoms with van der Waals surface area (Å²) in [5.41, 5.74) is 2.73. The molecule has 2 amide bonds. The van der Waals surface area contributed by atoms with Crippen LogP contribution in [0.5, 0.6) is 5.75 Å². The van der Waals surface area contributed by atoms with Crippen molar-refractivity contribution in [2.75, 3.05) is 13.7 Å². The van der Waals surface area contributed by atoms with Gasteiger partial charge in [0.05, 0.1) is 0 Å². The highest BCUT2D eigenvalue weighted by molar-refractivity contribution is 9.10. The molecule has 0 aromatic heterocycles. The number of nitrogens with zero attached hydrogens (tertiary/aromatic N) is 1. The molecule has 2 rings (SSSR count). The predicted molar refractivity (Wildman–Crippen MR) is 124 cm³/mol. The fourth-order valence-corrected chi connectivity index (χ4v) is 3.83. The fraction of sp³-hybridized carbons (Fsp3) is 0.364. The maximum atomic E-state index is 13.1. The molecule has 0 radical (unpaired) electrons. The molecule has 1 atom stereocenters. The monoisotopic (exact) mass is 514 g/mol. The molecule has 0 heterocycles. The van der Waals surface area contributed by atoms with E-state index < -0.39 is 6.04 Å². The maximum absolute atomic E-state index is 13.1. The molecule has 0 saturated heterocycles. The minimum Gasteiger partial charge on any atom is -0.484 e. The standard InChI is InChI=1S/C22H25BrCl2N2O3/c1-5-19(22(29)26-4)27(11-15-6-7-16(24)10-18(15)25)20(28)12-30-17-8-13(2)21(23)14(3)9-17/h6-10,19H,5,11-12H2,1-4H3,(H,26,29)/t19-/m1/s1. The Bertz CT molecular complexity index is 914. The third kappa shape index (κ3) is 6.13. The molecule has 8 heteroatoms. The first-order valence-corrected chi connectivity index (χ1v) is 11.1. The van der Waals surface area contributed by atoms with Crippen LogP contribution in [-0.4, -0.2) is 36.4 Å². The number of hydrogen-bond acceptors (Lipinski definition) is 3. The van der Waals surface area contributed by atoms with Gasteiger partial charge in [-0.3, -0.25) is 9.59 Å². The molecule has 0 saturated carbocycles. The summed E-state index contributed by atoms with van der Waals surface area (Å²) in [4.78, 5) is 27.0. The maximum Gasteiger partial charge on any atom is 0.261 e. The van der Waals surface area contributed by atoms with Gasteiger partial charge in [-0.2, -0.15) is 0 Å². The van der Waals surface area contributed by atoms with E-state index in [4.69, 9.17) is 27.9 Å². The third-order valence-corrected chi connectivity index (χ3v) is 6.60. The number of ether oxygens (including phenoxy) is 1. The second-order valence-corrected chi connectivity index (χ2v) is 8.59. The fourth-order valence-electron chi connectivity index (χ4n) is 3.14. The van der Waals surface area contributed by atoms with Gasteiger partial charge in [0.25, 0.3) is 5.91 Å². The molecule has 0 bridgehead atoms. The van der Waals surface area contributed by atoms with Gasteiger partial charge in [-0.1, -0.05) is 52.1 Å². The van der Waals surface area contributed by atoms with E-state index in [1.165, 1.54) is 4.90 Å². The van der Waals surface area contributed by atoms with Gasteiger partial charge in [-0.25, -0.2) is 0 Å². The first-order valence-electron chi connectivity index (χ1n) is 9.52. The molecule has 0 aliphatic rings. The molecular weight excluding hydrogens is 491 g/mol. The van der Waals surface area contributed by atoms with E-state index in [0.29, 0.717) is 27.8 Å². The molecule has 162 valence electrons.